The summed E-state index contributed by atoms with van der Waals surface area (Å²) >= 11 is 1.28. The zero-order chi connectivity index (χ0) is 14.3. The summed E-state index contributed by atoms with van der Waals surface area (Å²) in [6.07, 6.45) is 2.61. The maximum atomic E-state index is 12.3. The minimum Gasteiger partial charge on any atom is -0.378 e. The van der Waals surface area contributed by atoms with E-state index in [9.17, 15) is 9.59 Å². The highest BCUT2D eigenvalue weighted by Gasteiger charge is 2.40. The van der Waals surface area contributed by atoms with Gasteiger partial charge in [0.15, 0.2) is 0 Å². The van der Waals surface area contributed by atoms with E-state index in [0.29, 0.717) is 24.6 Å². The Bertz CT molecular complexity index is 553. The van der Waals surface area contributed by atoms with Crippen LogP contribution < -0.4 is 10.6 Å². The molecule has 20 heavy (non-hydrogen) atoms. The van der Waals surface area contributed by atoms with Gasteiger partial charge in [0, 0.05) is 26.1 Å². The minimum atomic E-state index is -0.143. The number of aryl methyl sites for hydroxylation is 1. The van der Waals surface area contributed by atoms with Crippen LogP contribution in [0.25, 0.3) is 0 Å². The molecule has 108 valence electrons. The average Bonchev–Trinajstić information content (AvgIpc) is 3.09. The number of rotatable bonds is 4. The second kappa shape index (κ2) is 5.05. The molecule has 0 radical (unpaired) electrons. The zero-order valence-electron chi connectivity index (χ0n) is 11.6. The van der Waals surface area contributed by atoms with Crippen LogP contribution in [0.5, 0.6) is 0 Å². The van der Waals surface area contributed by atoms with Gasteiger partial charge in [-0.25, -0.2) is 0 Å². The summed E-state index contributed by atoms with van der Waals surface area (Å²) < 4.78 is 4.19. The Labute approximate surface area is 121 Å². The molecule has 2 heterocycles. The molecule has 3 rings (SSSR count). The molecule has 0 bridgehead atoms. The standard InChI is InChI=1S/C13H18N4O2S/c1-7-11(13(14-2)20-16-7)12(19)15-8-5-10(18)17(6-8)9-3-4-9/h8-9,14H,3-6H2,1-2H3,(H,15,19). The van der Waals surface area contributed by atoms with Crippen molar-refractivity contribution in [1.29, 1.82) is 0 Å². The second-order valence-electron chi connectivity index (χ2n) is 5.37. The van der Waals surface area contributed by atoms with Gasteiger partial charge in [-0.3, -0.25) is 9.59 Å². The Balaban J connectivity index is 1.67. The lowest BCUT2D eigenvalue weighted by atomic mass is 10.2. The van der Waals surface area contributed by atoms with Gasteiger partial charge in [0.1, 0.15) is 5.00 Å². The van der Waals surface area contributed by atoms with Gasteiger partial charge >= 0.3 is 0 Å². The van der Waals surface area contributed by atoms with E-state index in [1.54, 1.807) is 7.05 Å². The molecule has 2 aliphatic rings. The lowest BCUT2D eigenvalue weighted by Crippen LogP contribution is -2.37. The van der Waals surface area contributed by atoms with Crippen LogP contribution in [0.15, 0.2) is 0 Å². The Kier molecular flexibility index (Phi) is 3.37. The highest BCUT2D eigenvalue weighted by molar-refractivity contribution is 7.10. The molecule has 1 aromatic rings. The SMILES string of the molecule is CNc1snc(C)c1C(=O)NC1CC(=O)N(C2CC2)C1. The Morgan fingerprint density at radius 1 is 1.45 bits per heavy atom. The Hall–Kier alpha value is -1.63. The van der Waals surface area contributed by atoms with E-state index in [-0.39, 0.29) is 17.9 Å². The first-order chi connectivity index (χ1) is 9.60. The van der Waals surface area contributed by atoms with Crippen LogP contribution in [-0.4, -0.2) is 46.8 Å². The van der Waals surface area contributed by atoms with Gasteiger partial charge < -0.3 is 15.5 Å². The number of aromatic nitrogens is 1. The molecule has 1 saturated carbocycles. The number of amides is 2. The molecule has 2 fully saturated rings. The van der Waals surface area contributed by atoms with Crippen molar-refractivity contribution in [2.24, 2.45) is 0 Å². The molecule has 6 nitrogen and oxygen atoms in total. The molecule has 1 saturated heterocycles. The van der Waals surface area contributed by atoms with Crippen LogP contribution in [0.3, 0.4) is 0 Å². The Morgan fingerprint density at radius 2 is 2.20 bits per heavy atom. The molecule has 1 aliphatic heterocycles. The Morgan fingerprint density at radius 3 is 2.85 bits per heavy atom. The maximum Gasteiger partial charge on any atom is 0.256 e. The van der Waals surface area contributed by atoms with E-state index < -0.39 is 0 Å². The summed E-state index contributed by atoms with van der Waals surface area (Å²) in [5, 5.41) is 6.72. The van der Waals surface area contributed by atoms with E-state index >= 15 is 0 Å². The van der Waals surface area contributed by atoms with E-state index in [4.69, 9.17) is 0 Å². The van der Waals surface area contributed by atoms with E-state index in [2.05, 4.69) is 15.0 Å². The number of likely N-dealkylation sites (tertiary alicyclic amines) is 1. The second-order valence-corrected chi connectivity index (χ2v) is 6.15. The summed E-state index contributed by atoms with van der Waals surface area (Å²) in [5.41, 5.74) is 1.31. The highest BCUT2D eigenvalue weighted by Crippen LogP contribution is 2.31. The third-order valence-electron chi connectivity index (χ3n) is 3.80. The molecule has 1 unspecified atom stereocenters. The van der Waals surface area contributed by atoms with Crippen molar-refractivity contribution in [2.75, 3.05) is 18.9 Å². The smallest absolute Gasteiger partial charge is 0.256 e. The first kappa shape index (κ1) is 13.4. The summed E-state index contributed by atoms with van der Waals surface area (Å²) in [6, 6.07) is 0.335. The number of nitrogens with one attached hydrogen (secondary N) is 2. The zero-order valence-corrected chi connectivity index (χ0v) is 12.4. The van der Waals surface area contributed by atoms with Crippen molar-refractivity contribution in [3.05, 3.63) is 11.3 Å². The number of hydrogen-bond donors (Lipinski definition) is 2. The normalized spacial score (nSPS) is 22.2. The highest BCUT2D eigenvalue weighted by atomic mass is 32.1. The van der Waals surface area contributed by atoms with Crippen LogP contribution in [0.1, 0.15) is 35.3 Å². The van der Waals surface area contributed by atoms with Crippen molar-refractivity contribution in [3.63, 3.8) is 0 Å². The molecular formula is C13H18N4O2S. The predicted octanol–water partition coefficient (Wildman–Crippen LogP) is 0.986. The van der Waals surface area contributed by atoms with Crippen LogP contribution in [0.2, 0.25) is 0 Å². The van der Waals surface area contributed by atoms with Crippen molar-refractivity contribution < 1.29 is 9.59 Å². The van der Waals surface area contributed by atoms with Crippen LogP contribution in [0, 0.1) is 6.92 Å². The third-order valence-corrected chi connectivity index (χ3v) is 4.75. The molecule has 1 atom stereocenters. The van der Waals surface area contributed by atoms with Crippen LogP contribution >= 0.6 is 11.5 Å². The van der Waals surface area contributed by atoms with Gasteiger partial charge in [0.2, 0.25) is 5.91 Å². The fourth-order valence-electron chi connectivity index (χ4n) is 2.63. The lowest BCUT2D eigenvalue weighted by Gasteiger charge is -2.16. The topological polar surface area (TPSA) is 74.3 Å². The quantitative estimate of drug-likeness (QED) is 0.868. The molecule has 0 aromatic carbocycles. The molecule has 0 spiro atoms. The monoisotopic (exact) mass is 294 g/mol. The van der Waals surface area contributed by atoms with Gasteiger partial charge in [-0.05, 0) is 31.3 Å². The fourth-order valence-corrected chi connectivity index (χ4v) is 3.38. The molecule has 2 amide bonds. The average molecular weight is 294 g/mol. The van der Waals surface area contributed by atoms with Crippen molar-refractivity contribution >= 4 is 28.3 Å². The van der Waals surface area contributed by atoms with Gasteiger partial charge in [-0.1, -0.05) is 0 Å². The number of nitrogens with zero attached hydrogens (tertiary/aromatic N) is 2. The molecule has 1 aliphatic carbocycles. The number of carbonyl (C=O) groups excluding carboxylic acids is 2. The van der Waals surface area contributed by atoms with Gasteiger partial charge in [-0.15, -0.1) is 0 Å². The van der Waals surface area contributed by atoms with E-state index in [1.807, 2.05) is 11.8 Å². The van der Waals surface area contributed by atoms with Crippen molar-refractivity contribution in [1.82, 2.24) is 14.6 Å². The van der Waals surface area contributed by atoms with E-state index in [1.165, 1.54) is 11.5 Å². The fraction of sp³-hybridized carbons (Fsp3) is 0.615. The summed E-state index contributed by atoms with van der Waals surface area (Å²) in [7, 11) is 1.78. The number of hydrogen-bond acceptors (Lipinski definition) is 5. The van der Waals surface area contributed by atoms with Crippen molar-refractivity contribution in [3.8, 4) is 0 Å². The van der Waals surface area contributed by atoms with Crippen LogP contribution in [0.4, 0.5) is 5.00 Å². The van der Waals surface area contributed by atoms with E-state index in [0.717, 1.165) is 23.5 Å². The maximum absolute atomic E-state index is 12.3. The predicted molar refractivity (Wildman–Crippen MR) is 77.0 cm³/mol. The molecule has 7 heteroatoms. The minimum absolute atomic E-state index is 0.0837. The molecule has 2 N–H and O–H groups in total. The van der Waals surface area contributed by atoms with Crippen LogP contribution in [-0.2, 0) is 4.79 Å². The molecular weight excluding hydrogens is 276 g/mol. The number of carbonyl (C=O) groups is 2. The molecule has 1 aromatic heterocycles. The summed E-state index contributed by atoms with van der Waals surface area (Å²) in [5.74, 6) is 0.0165. The summed E-state index contributed by atoms with van der Waals surface area (Å²) in [6.45, 7) is 2.46. The summed E-state index contributed by atoms with van der Waals surface area (Å²) in [4.78, 5) is 26.1. The van der Waals surface area contributed by atoms with Crippen molar-refractivity contribution in [2.45, 2.75) is 38.3 Å². The van der Waals surface area contributed by atoms with Gasteiger partial charge in [0.05, 0.1) is 17.3 Å². The largest absolute Gasteiger partial charge is 0.378 e. The first-order valence-corrected chi connectivity index (χ1v) is 7.62. The van der Waals surface area contributed by atoms with Gasteiger partial charge in [0.25, 0.3) is 5.91 Å². The first-order valence-electron chi connectivity index (χ1n) is 6.84. The lowest BCUT2D eigenvalue weighted by molar-refractivity contribution is -0.128. The third kappa shape index (κ3) is 2.37. The van der Waals surface area contributed by atoms with Gasteiger partial charge in [-0.2, -0.15) is 4.37 Å². The number of anilines is 1.